The molecule has 1 atom stereocenters. The van der Waals surface area contributed by atoms with E-state index in [1.807, 2.05) is 13.8 Å². The second-order valence-electron chi connectivity index (χ2n) is 6.92. The van der Waals surface area contributed by atoms with E-state index in [2.05, 4.69) is 13.8 Å². The Labute approximate surface area is 123 Å². The number of hydrogen-bond donors (Lipinski definition) is 1. The summed E-state index contributed by atoms with van der Waals surface area (Å²) in [6.07, 6.45) is 0.767. The molecule has 0 rings (SSSR count). The number of nitrogens with zero attached hydrogens (tertiary/aromatic N) is 1. The van der Waals surface area contributed by atoms with Crippen molar-refractivity contribution in [1.29, 1.82) is 0 Å². The number of carbonyl (C=O) groups is 1. The Morgan fingerprint density at radius 3 is 1.95 bits per heavy atom. The minimum absolute atomic E-state index is 0.0673. The Kier molecular flexibility index (Phi) is 6.68. The van der Waals surface area contributed by atoms with Gasteiger partial charge in [-0.2, -0.15) is 8.42 Å². The predicted molar refractivity (Wildman–Crippen MR) is 81.0 cm³/mol. The molecule has 1 amide bonds. The number of carbonyl (C=O) groups excluding carboxylic acids is 1. The molecule has 0 aromatic rings. The molecule has 0 aliphatic heterocycles. The fourth-order valence-electron chi connectivity index (χ4n) is 2.26. The van der Waals surface area contributed by atoms with Crippen LogP contribution in [0.15, 0.2) is 0 Å². The molecular weight excluding hydrogens is 278 g/mol. The van der Waals surface area contributed by atoms with Gasteiger partial charge in [0, 0.05) is 13.0 Å². The highest BCUT2D eigenvalue weighted by Gasteiger charge is 2.36. The maximum atomic E-state index is 12.6. The van der Waals surface area contributed by atoms with Crippen molar-refractivity contribution in [3.05, 3.63) is 0 Å². The molecular formula is C14H29NO4S. The van der Waals surface area contributed by atoms with Gasteiger partial charge >= 0.3 is 0 Å². The van der Waals surface area contributed by atoms with E-state index in [1.165, 1.54) is 4.90 Å². The van der Waals surface area contributed by atoms with Gasteiger partial charge in [0.05, 0.1) is 11.3 Å². The molecule has 0 bridgehead atoms. The summed E-state index contributed by atoms with van der Waals surface area (Å²) < 4.78 is 31.2. The number of rotatable bonds is 7. The second kappa shape index (κ2) is 6.89. The fourth-order valence-corrected chi connectivity index (χ4v) is 3.34. The predicted octanol–water partition coefficient (Wildman–Crippen LogP) is 2.43. The van der Waals surface area contributed by atoms with E-state index in [0.717, 1.165) is 6.42 Å². The van der Waals surface area contributed by atoms with Gasteiger partial charge in [-0.25, -0.2) is 0 Å². The summed E-state index contributed by atoms with van der Waals surface area (Å²) in [7, 11) is -2.52. The van der Waals surface area contributed by atoms with Crippen LogP contribution in [0.3, 0.4) is 0 Å². The fraction of sp³-hybridized carbons (Fsp3) is 0.929. The summed E-state index contributed by atoms with van der Waals surface area (Å²) in [5, 5.41) is 0. The SMILES string of the molecule is CC(C)CC(C(=O)N(C)C(C)(C)CS(=O)(=O)O)C(C)C. The minimum Gasteiger partial charge on any atom is -0.339 e. The third-order valence-electron chi connectivity index (χ3n) is 3.62. The van der Waals surface area contributed by atoms with Gasteiger partial charge in [0.1, 0.15) is 0 Å². The zero-order valence-corrected chi connectivity index (χ0v) is 14.5. The Balaban J connectivity index is 5.14. The Morgan fingerprint density at radius 2 is 1.65 bits per heavy atom. The van der Waals surface area contributed by atoms with Gasteiger partial charge in [-0.05, 0) is 32.1 Å². The smallest absolute Gasteiger partial charge is 0.267 e. The van der Waals surface area contributed by atoms with Crippen LogP contribution in [0, 0.1) is 17.8 Å². The summed E-state index contributed by atoms with van der Waals surface area (Å²) in [6.45, 7) is 11.4. The van der Waals surface area contributed by atoms with Gasteiger partial charge < -0.3 is 4.90 Å². The van der Waals surface area contributed by atoms with E-state index >= 15 is 0 Å². The van der Waals surface area contributed by atoms with Crippen LogP contribution in [0.5, 0.6) is 0 Å². The van der Waals surface area contributed by atoms with Gasteiger partial charge in [-0.15, -0.1) is 0 Å². The van der Waals surface area contributed by atoms with Crippen LogP contribution in [0.25, 0.3) is 0 Å². The van der Waals surface area contributed by atoms with E-state index in [-0.39, 0.29) is 17.7 Å². The van der Waals surface area contributed by atoms with Crippen molar-refractivity contribution < 1.29 is 17.8 Å². The molecule has 0 aromatic heterocycles. The maximum Gasteiger partial charge on any atom is 0.267 e. The van der Waals surface area contributed by atoms with Crippen LogP contribution in [0.4, 0.5) is 0 Å². The molecule has 6 heteroatoms. The van der Waals surface area contributed by atoms with Crippen molar-refractivity contribution in [1.82, 2.24) is 4.90 Å². The summed E-state index contributed by atoms with van der Waals surface area (Å²) >= 11 is 0. The summed E-state index contributed by atoms with van der Waals surface area (Å²) in [4.78, 5) is 14.1. The molecule has 0 aliphatic rings. The topological polar surface area (TPSA) is 74.7 Å². The first-order valence-corrected chi connectivity index (χ1v) is 8.61. The Bertz CT molecular complexity index is 426. The van der Waals surface area contributed by atoms with Crippen molar-refractivity contribution in [3.8, 4) is 0 Å². The molecule has 0 aromatic carbocycles. The molecule has 0 heterocycles. The molecule has 20 heavy (non-hydrogen) atoms. The molecule has 1 unspecified atom stereocenters. The average molecular weight is 307 g/mol. The molecule has 0 spiro atoms. The minimum atomic E-state index is -4.12. The van der Waals surface area contributed by atoms with Gasteiger partial charge in [0.25, 0.3) is 10.1 Å². The zero-order chi connectivity index (χ0) is 16.3. The molecule has 0 radical (unpaired) electrons. The van der Waals surface area contributed by atoms with E-state index in [1.54, 1.807) is 20.9 Å². The van der Waals surface area contributed by atoms with E-state index in [4.69, 9.17) is 4.55 Å². The first kappa shape index (κ1) is 19.4. The van der Waals surface area contributed by atoms with Crippen molar-refractivity contribution >= 4 is 16.0 Å². The monoisotopic (exact) mass is 307 g/mol. The van der Waals surface area contributed by atoms with Crippen LogP contribution in [-0.4, -0.2) is 42.1 Å². The van der Waals surface area contributed by atoms with Crippen LogP contribution in [0.1, 0.15) is 48.0 Å². The van der Waals surface area contributed by atoms with Gasteiger partial charge in [-0.3, -0.25) is 9.35 Å². The average Bonchev–Trinajstić information content (AvgIpc) is 2.19. The first-order chi connectivity index (χ1) is 8.78. The second-order valence-corrected chi connectivity index (χ2v) is 8.37. The maximum absolute atomic E-state index is 12.6. The molecule has 1 N–H and O–H groups in total. The van der Waals surface area contributed by atoms with Crippen LogP contribution in [-0.2, 0) is 14.9 Å². The summed E-state index contributed by atoms with van der Waals surface area (Å²) in [5.74, 6) is -0.0873. The summed E-state index contributed by atoms with van der Waals surface area (Å²) in [5.41, 5.74) is -0.936. The Morgan fingerprint density at radius 1 is 1.20 bits per heavy atom. The highest BCUT2D eigenvalue weighted by Crippen LogP contribution is 2.26. The highest BCUT2D eigenvalue weighted by molar-refractivity contribution is 7.85. The lowest BCUT2D eigenvalue weighted by Crippen LogP contribution is -2.52. The molecule has 0 saturated carbocycles. The van der Waals surface area contributed by atoms with Crippen LogP contribution >= 0.6 is 0 Å². The number of hydrogen-bond acceptors (Lipinski definition) is 3. The number of amides is 1. The molecule has 0 fully saturated rings. The van der Waals surface area contributed by atoms with E-state index < -0.39 is 21.4 Å². The van der Waals surface area contributed by atoms with Gasteiger partial charge in [0.15, 0.2) is 0 Å². The third-order valence-corrected chi connectivity index (χ3v) is 4.69. The molecule has 0 saturated heterocycles. The van der Waals surface area contributed by atoms with Crippen LogP contribution < -0.4 is 0 Å². The standard InChI is InChI=1S/C14H29NO4S/c1-10(2)8-12(11(3)4)13(16)15(7)14(5,6)9-20(17,18)19/h10-12H,8-9H2,1-7H3,(H,17,18,19). The lowest BCUT2D eigenvalue weighted by Gasteiger charge is -2.38. The third kappa shape index (κ3) is 6.22. The van der Waals surface area contributed by atoms with E-state index in [0.29, 0.717) is 5.92 Å². The Hall–Kier alpha value is -0.620. The van der Waals surface area contributed by atoms with Gasteiger partial charge in [-0.1, -0.05) is 27.7 Å². The quantitative estimate of drug-likeness (QED) is 0.733. The normalized spacial score (nSPS) is 14.7. The van der Waals surface area contributed by atoms with E-state index in [9.17, 15) is 13.2 Å². The first-order valence-electron chi connectivity index (χ1n) is 7.00. The zero-order valence-electron chi connectivity index (χ0n) is 13.7. The lowest BCUT2D eigenvalue weighted by molar-refractivity contribution is -0.140. The molecule has 0 aliphatic carbocycles. The van der Waals surface area contributed by atoms with Gasteiger partial charge in [0.2, 0.25) is 5.91 Å². The largest absolute Gasteiger partial charge is 0.339 e. The van der Waals surface area contributed by atoms with Crippen molar-refractivity contribution in [2.75, 3.05) is 12.8 Å². The highest BCUT2D eigenvalue weighted by atomic mass is 32.2. The van der Waals surface area contributed by atoms with Crippen LogP contribution in [0.2, 0.25) is 0 Å². The summed E-state index contributed by atoms with van der Waals surface area (Å²) in [6, 6.07) is 0. The van der Waals surface area contributed by atoms with Crippen molar-refractivity contribution in [3.63, 3.8) is 0 Å². The van der Waals surface area contributed by atoms with Crippen molar-refractivity contribution in [2.24, 2.45) is 17.8 Å². The molecule has 120 valence electrons. The van der Waals surface area contributed by atoms with Crippen molar-refractivity contribution in [2.45, 2.75) is 53.5 Å². The lowest BCUT2D eigenvalue weighted by atomic mass is 9.85. The molecule has 5 nitrogen and oxygen atoms in total.